The Morgan fingerprint density at radius 3 is 2.80 bits per heavy atom. The molecule has 0 spiro atoms. The molecular weight excluding hydrogens is 340 g/mol. The van der Waals surface area contributed by atoms with Crippen LogP contribution in [0.5, 0.6) is 5.75 Å². The zero-order valence-corrected chi connectivity index (χ0v) is 13.1. The fraction of sp³-hybridized carbons (Fsp3) is 0.133. The lowest BCUT2D eigenvalue weighted by atomic mass is 10.2. The number of phenolic OH excluding ortho intramolecular Hbond substituents is 1. The maximum Gasteiger partial charge on any atom is 0.144 e. The summed E-state index contributed by atoms with van der Waals surface area (Å²) in [5.74, 6) is 0.952. The Hall–Kier alpha value is -1.52. The third kappa shape index (κ3) is 2.19. The van der Waals surface area contributed by atoms with Crippen molar-refractivity contribution in [2.45, 2.75) is 13.5 Å². The molecule has 3 rings (SSSR count). The molecule has 102 valence electrons. The van der Waals surface area contributed by atoms with E-state index in [9.17, 15) is 5.11 Å². The Labute approximate surface area is 130 Å². The summed E-state index contributed by atoms with van der Waals surface area (Å²) in [7, 11) is 0. The fourth-order valence-electron chi connectivity index (χ4n) is 2.31. The number of aromatic nitrogens is 2. The number of fused-ring (bicyclic) bond motifs is 1. The Morgan fingerprint density at radius 1 is 1.25 bits per heavy atom. The summed E-state index contributed by atoms with van der Waals surface area (Å²) >= 11 is 9.49. The van der Waals surface area contributed by atoms with Crippen LogP contribution < -0.4 is 0 Å². The van der Waals surface area contributed by atoms with Gasteiger partial charge in [-0.05, 0) is 43.3 Å². The Bertz CT molecular complexity index is 798. The molecule has 1 heterocycles. The highest BCUT2D eigenvalue weighted by molar-refractivity contribution is 9.10. The number of halogens is 2. The van der Waals surface area contributed by atoms with Crippen molar-refractivity contribution in [3.05, 3.63) is 45.9 Å². The summed E-state index contributed by atoms with van der Waals surface area (Å²) < 4.78 is 2.95. The Balaban J connectivity index is 2.33. The predicted molar refractivity (Wildman–Crippen MR) is 85.2 cm³/mol. The van der Waals surface area contributed by atoms with Crippen LogP contribution in [-0.4, -0.2) is 14.7 Å². The van der Waals surface area contributed by atoms with Gasteiger partial charge >= 0.3 is 0 Å². The molecule has 0 radical (unpaired) electrons. The van der Waals surface area contributed by atoms with Crippen LogP contribution in [0.25, 0.3) is 22.4 Å². The molecule has 0 bridgehead atoms. The van der Waals surface area contributed by atoms with Crippen LogP contribution in [0.15, 0.2) is 40.9 Å². The van der Waals surface area contributed by atoms with Crippen molar-refractivity contribution in [3.8, 4) is 17.1 Å². The number of imidazole rings is 1. The molecule has 20 heavy (non-hydrogen) atoms. The third-order valence-electron chi connectivity index (χ3n) is 3.23. The number of hydrogen-bond donors (Lipinski definition) is 1. The van der Waals surface area contributed by atoms with Gasteiger partial charge < -0.3 is 9.67 Å². The monoisotopic (exact) mass is 350 g/mol. The number of aryl methyl sites for hydroxylation is 1. The van der Waals surface area contributed by atoms with Gasteiger partial charge in [-0.2, -0.15) is 0 Å². The van der Waals surface area contributed by atoms with E-state index < -0.39 is 0 Å². The molecule has 2 aromatic carbocycles. The van der Waals surface area contributed by atoms with Crippen molar-refractivity contribution >= 4 is 38.6 Å². The lowest BCUT2D eigenvalue weighted by molar-refractivity contribution is 0.476. The SMILES string of the molecule is CCn1c(-c2cc(Br)ccc2O)nc2ccc(Cl)cc21. The van der Waals surface area contributed by atoms with Gasteiger partial charge in [-0.3, -0.25) is 0 Å². The minimum absolute atomic E-state index is 0.212. The maximum absolute atomic E-state index is 10.1. The predicted octanol–water partition coefficient (Wildman–Crippen LogP) is 4.84. The largest absolute Gasteiger partial charge is 0.507 e. The molecule has 3 aromatic rings. The first-order valence-electron chi connectivity index (χ1n) is 6.25. The van der Waals surface area contributed by atoms with Crippen molar-refractivity contribution in [2.24, 2.45) is 0 Å². The second-order valence-corrected chi connectivity index (χ2v) is 5.83. The van der Waals surface area contributed by atoms with Crippen molar-refractivity contribution in [1.82, 2.24) is 9.55 Å². The number of hydrogen-bond acceptors (Lipinski definition) is 2. The van der Waals surface area contributed by atoms with Crippen molar-refractivity contribution < 1.29 is 5.11 Å². The molecule has 0 saturated carbocycles. The molecule has 3 nitrogen and oxygen atoms in total. The number of benzene rings is 2. The van der Waals surface area contributed by atoms with E-state index in [0.29, 0.717) is 10.6 Å². The van der Waals surface area contributed by atoms with E-state index in [4.69, 9.17) is 11.6 Å². The second kappa shape index (κ2) is 5.11. The average Bonchev–Trinajstić information content (AvgIpc) is 2.79. The Morgan fingerprint density at radius 2 is 2.05 bits per heavy atom. The van der Waals surface area contributed by atoms with E-state index in [2.05, 4.69) is 20.9 Å². The van der Waals surface area contributed by atoms with Crippen LogP contribution in [0.3, 0.4) is 0 Å². The molecule has 1 aromatic heterocycles. The average molecular weight is 352 g/mol. The van der Waals surface area contributed by atoms with Gasteiger partial charge in [0.15, 0.2) is 0 Å². The number of phenols is 1. The summed E-state index contributed by atoms with van der Waals surface area (Å²) in [4.78, 5) is 4.62. The molecule has 0 aliphatic rings. The number of aromatic hydroxyl groups is 1. The summed E-state index contributed by atoms with van der Waals surface area (Å²) in [5, 5.41) is 10.8. The van der Waals surface area contributed by atoms with Gasteiger partial charge in [0.1, 0.15) is 11.6 Å². The first-order valence-corrected chi connectivity index (χ1v) is 7.42. The van der Waals surface area contributed by atoms with Crippen molar-refractivity contribution in [3.63, 3.8) is 0 Å². The third-order valence-corrected chi connectivity index (χ3v) is 3.95. The molecule has 0 fully saturated rings. The lowest BCUT2D eigenvalue weighted by Gasteiger charge is -2.08. The summed E-state index contributed by atoms with van der Waals surface area (Å²) in [6.07, 6.45) is 0. The highest BCUT2D eigenvalue weighted by Crippen LogP contribution is 2.34. The van der Waals surface area contributed by atoms with Crippen LogP contribution >= 0.6 is 27.5 Å². The standard InChI is InChI=1S/C15H12BrClN2O/c1-2-19-13-8-10(17)4-5-12(13)18-15(19)11-7-9(16)3-6-14(11)20/h3-8,20H,2H2,1H3. The first kappa shape index (κ1) is 13.5. The second-order valence-electron chi connectivity index (χ2n) is 4.47. The number of nitrogens with zero attached hydrogens (tertiary/aromatic N) is 2. The molecule has 0 atom stereocenters. The quantitative estimate of drug-likeness (QED) is 0.717. The van der Waals surface area contributed by atoms with Crippen LogP contribution in [0.1, 0.15) is 6.92 Å². The molecule has 5 heteroatoms. The van der Waals surface area contributed by atoms with E-state index in [-0.39, 0.29) is 5.75 Å². The van der Waals surface area contributed by atoms with E-state index in [1.54, 1.807) is 12.1 Å². The first-order chi connectivity index (χ1) is 9.60. The zero-order chi connectivity index (χ0) is 14.3. The maximum atomic E-state index is 10.1. The van der Waals surface area contributed by atoms with Crippen molar-refractivity contribution in [2.75, 3.05) is 0 Å². The van der Waals surface area contributed by atoms with E-state index in [0.717, 1.165) is 27.9 Å². The van der Waals surface area contributed by atoms with E-state index in [1.807, 2.05) is 35.8 Å². The molecule has 0 saturated heterocycles. The summed E-state index contributed by atoms with van der Waals surface area (Å²) in [6.45, 7) is 2.79. The molecule has 0 amide bonds. The van der Waals surface area contributed by atoms with Gasteiger partial charge in [-0.25, -0.2) is 4.98 Å². The van der Waals surface area contributed by atoms with Gasteiger partial charge in [-0.1, -0.05) is 27.5 Å². The van der Waals surface area contributed by atoms with E-state index in [1.165, 1.54) is 0 Å². The fourth-order valence-corrected chi connectivity index (χ4v) is 2.84. The highest BCUT2D eigenvalue weighted by atomic mass is 79.9. The smallest absolute Gasteiger partial charge is 0.144 e. The van der Waals surface area contributed by atoms with Gasteiger partial charge in [0.25, 0.3) is 0 Å². The van der Waals surface area contributed by atoms with Crippen LogP contribution in [0.4, 0.5) is 0 Å². The van der Waals surface area contributed by atoms with Crippen LogP contribution in [-0.2, 0) is 6.54 Å². The summed E-state index contributed by atoms with van der Waals surface area (Å²) in [5.41, 5.74) is 2.54. The summed E-state index contributed by atoms with van der Waals surface area (Å²) in [6, 6.07) is 10.9. The van der Waals surface area contributed by atoms with Crippen LogP contribution in [0.2, 0.25) is 5.02 Å². The van der Waals surface area contributed by atoms with Gasteiger partial charge in [-0.15, -0.1) is 0 Å². The molecular formula is C15H12BrClN2O. The number of rotatable bonds is 2. The van der Waals surface area contributed by atoms with Crippen molar-refractivity contribution in [1.29, 1.82) is 0 Å². The topological polar surface area (TPSA) is 38.0 Å². The highest BCUT2D eigenvalue weighted by Gasteiger charge is 2.15. The van der Waals surface area contributed by atoms with E-state index >= 15 is 0 Å². The normalized spacial score (nSPS) is 11.2. The van der Waals surface area contributed by atoms with Gasteiger partial charge in [0.2, 0.25) is 0 Å². The van der Waals surface area contributed by atoms with Gasteiger partial charge in [0.05, 0.1) is 16.6 Å². The zero-order valence-electron chi connectivity index (χ0n) is 10.8. The van der Waals surface area contributed by atoms with Crippen LogP contribution in [0, 0.1) is 0 Å². The lowest BCUT2D eigenvalue weighted by Crippen LogP contribution is -1.97. The molecule has 0 aliphatic carbocycles. The molecule has 1 N–H and O–H groups in total. The molecule has 0 unspecified atom stereocenters. The molecule has 0 aliphatic heterocycles. The Kier molecular flexibility index (Phi) is 3.44. The minimum atomic E-state index is 0.212. The van der Waals surface area contributed by atoms with Gasteiger partial charge in [0, 0.05) is 16.0 Å². The minimum Gasteiger partial charge on any atom is -0.507 e.